The zero-order valence-electron chi connectivity index (χ0n) is 14.4. The molecule has 1 atom stereocenters. The van der Waals surface area contributed by atoms with E-state index in [1.54, 1.807) is 30.3 Å². The van der Waals surface area contributed by atoms with Crippen molar-refractivity contribution < 1.29 is 14.3 Å². The highest BCUT2D eigenvalue weighted by atomic mass is 32.1. The number of amides is 1. The highest BCUT2D eigenvalue weighted by Gasteiger charge is 2.16. The molecule has 2 heterocycles. The van der Waals surface area contributed by atoms with E-state index in [4.69, 9.17) is 4.42 Å². The summed E-state index contributed by atoms with van der Waals surface area (Å²) in [5.74, 6) is -0.567. The number of aliphatic hydroxyl groups is 1. The fraction of sp³-hybridized carbons (Fsp3) is 0.278. The van der Waals surface area contributed by atoms with Crippen LogP contribution in [0.5, 0.6) is 0 Å². The zero-order valence-corrected chi connectivity index (χ0v) is 15.2. The molecule has 0 aliphatic carbocycles. The van der Waals surface area contributed by atoms with Gasteiger partial charge in [0.1, 0.15) is 0 Å². The summed E-state index contributed by atoms with van der Waals surface area (Å²) in [7, 11) is 0. The Balaban J connectivity index is 1.69. The summed E-state index contributed by atoms with van der Waals surface area (Å²) < 4.78 is 6.23. The average molecular weight is 373 g/mol. The molecule has 0 aliphatic heterocycles. The van der Waals surface area contributed by atoms with Crippen LogP contribution in [0.4, 0.5) is 5.69 Å². The molecule has 0 aliphatic rings. The largest absolute Gasteiger partial charge is 0.437 e. The zero-order chi connectivity index (χ0) is 18.7. The number of rotatable bonds is 6. The fourth-order valence-corrected chi connectivity index (χ4v) is 2.91. The fourth-order valence-electron chi connectivity index (χ4n) is 2.27. The summed E-state index contributed by atoms with van der Waals surface area (Å²) in [5.41, 5.74) is 1.26. The molecule has 0 spiro atoms. The van der Waals surface area contributed by atoms with Gasteiger partial charge in [-0.1, -0.05) is 32.0 Å². The summed E-state index contributed by atoms with van der Waals surface area (Å²) in [5, 5.41) is 19.1. The Morgan fingerprint density at radius 3 is 2.65 bits per heavy atom. The molecule has 8 heteroatoms. The monoisotopic (exact) mass is 373 g/mol. The average Bonchev–Trinajstić information content (AvgIpc) is 3.26. The van der Waals surface area contributed by atoms with Gasteiger partial charge in [-0.3, -0.25) is 4.79 Å². The molecule has 2 N–H and O–H groups in total. The molecular formula is C18H19N3O4S. The van der Waals surface area contributed by atoms with Crippen LogP contribution in [0.3, 0.4) is 0 Å². The van der Waals surface area contributed by atoms with Crippen molar-refractivity contribution >= 4 is 22.9 Å². The SMILES string of the molecule is CC(C)C(=O)Nc1ccc([C@H](O)Cn2nc(-c3cccs3)oc2=O)cc1. The molecule has 7 nitrogen and oxygen atoms in total. The van der Waals surface area contributed by atoms with Crippen LogP contribution in [0, 0.1) is 5.92 Å². The second-order valence-electron chi connectivity index (χ2n) is 6.11. The lowest BCUT2D eigenvalue weighted by molar-refractivity contribution is -0.118. The number of carbonyl (C=O) groups is 1. The van der Waals surface area contributed by atoms with E-state index in [9.17, 15) is 14.7 Å². The van der Waals surface area contributed by atoms with Gasteiger partial charge in [0.2, 0.25) is 5.91 Å². The van der Waals surface area contributed by atoms with Crippen LogP contribution in [0.1, 0.15) is 25.5 Å². The summed E-state index contributed by atoms with van der Waals surface area (Å²) in [6, 6.07) is 10.5. The molecule has 0 radical (unpaired) electrons. The van der Waals surface area contributed by atoms with Gasteiger partial charge in [-0.25, -0.2) is 4.79 Å². The van der Waals surface area contributed by atoms with Crippen molar-refractivity contribution in [3.63, 3.8) is 0 Å². The van der Waals surface area contributed by atoms with Crippen molar-refractivity contribution in [2.45, 2.75) is 26.5 Å². The van der Waals surface area contributed by atoms with Gasteiger partial charge in [0.05, 0.1) is 17.5 Å². The molecule has 2 aromatic heterocycles. The Labute approximate surface area is 153 Å². The first kappa shape index (κ1) is 18.1. The van der Waals surface area contributed by atoms with E-state index in [0.717, 1.165) is 9.56 Å². The molecule has 136 valence electrons. The van der Waals surface area contributed by atoms with Crippen molar-refractivity contribution in [1.82, 2.24) is 9.78 Å². The topological polar surface area (TPSA) is 97.4 Å². The Morgan fingerprint density at radius 2 is 2.04 bits per heavy atom. The minimum atomic E-state index is -0.927. The predicted molar refractivity (Wildman–Crippen MR) is 98.9 cm³/mol. The third-order valence-electron chi connectivity index (χ3n) is 3.77. The maximum atomic E-state index is 11.9. The number of aromatic nitrogens is 2. The van der Waals surface area contributed by atoms with Crippen molar-refractivity contribution in [1.29, 1.82) is 0 Å². The minimum absolute atomic E-state index is 0.0224. The van der Waals surface area contributed by atoms with Crippen LogP contribution < -0.4 is 11.1 Å². The lowest BCUT2D eigenvalue weighted by atomic mass is 10.1. The number of anilines is 1. The Morgan fingerprint density at radius 1 is 1.31 bits per heavy atom. The second kappa shape index (κ2) is 7.67. The highest BCUT2D eigenvalue weighted by Crippen LogP contribution is 2.22. The molecule has 3 rings (SSSR count). The van der Waals surface area contributed by atoms with Gasteiger partial charge >= 0.3 is 5.76 Å². The van der Waals surface area contributed by atoms with E-state index in [-0.39, 0.29) is 24.3 Å². The van der Waals surface area contributed by atoms with Crippen LogP contribution in [0.25, 0.3) is 10.8 Å². The molecule has 0 fully saturated rings. The first-order valence-electron chi connectivity index (χ1n) is 8.14. The highest BCUT2D eigenvalue weighted by molar-refractivity contribution is 7.13. The maximum absolute atomic E-state index is 11.9. The molecule has 3 aromatic rings. The first-order chi connectivity index (χ1) is 12.4. The van der Waals surface area contributed by atoms with E-state index in [1.165, 1.54) is 11.3 Å². The van der Waals surface area contributed by atoms with Crippen molar-refractivity contribution in [3.05, 3.63) is 57.9 Å². The number of benzene rings is 1. The number of nitrogens with zero attached hydrogens (tertiary/aromatic N) is 2. The maximum Gasteiger partial charge on any atom is 0.437 e. The van der Waals surface area contributed by atoms with Crippen LogP contribution in [-0.4, -0.2) is 20.8 Å². The number of hydrogen-bond acceptors (Lipinski definition) is 6. The number of aliphatic hydroxyl groups excluding tert-OH is 1. The number of nitrogens with one attached hydrogen (secondary N) is 1. The van der Waals surface area contributed by atoms with Gasteiger partial charge in [0, 0.05) is 11.6 Å². The van der Waals surface area contributed by atoms with E-state index in [2.05, 4.69) is 10.4 Å². The molecule has 0 bridgehead atoms. The van der Waals surface area contributed by atoms with Gasteiger partial charge in [-0.15, -0.1) is 16.4 Å². The third-order valence-corrected chi connectivity index (χ3v) is 4.63. The molecule has 1 amide bonds. The summed E-state index contributed by atoms with van der Waals surface area (Å²) in [6.45, 7) is 3.60. The lowest BCUT2D eigenvalue weighted by Crippen LogP contribution is -2.20. The van der Waals surface area contributed by atoms with E-state index in [1.807, 2.05) is 25.3 Å². The van der Waals surface area contributed by atoms with E-state index in [0.29, 0.717) is 11.3 Å². The molecule has 26 heavy (non-hydrogen) atoms. The number of hydrogen-bond donors (Lipinski definition) is 2. The van der Waals surface area contributed by atoms with Crippen LogP contribution in [-0.2, 0) is 11.3 Å². The normalized spacial score (nSPS) is 12.3. The molecule has 0 saturated heterocycles. The van der Waals surface area contributed by atoms with Gasteiger partial charge in [-0.2, -0.15) is 4.68 Å². The van der Waals surface area contributed by atoms with Gasteiger partial charge in [0.25, 0.3) is 5.89 Å². The predicted octanol–water partition coefficient (Wildman–Crippen LogP) is 2.89. The van der Waals surface area contributed by atoms with Gasteiger partial charge in [-0.05, 0) is 29.1 Å². The molecule has 0 unspecified atom stereocenters. The van der Waals surface area contributed by atoms with E-state index >= 15 is 0 Å². The van der Waals surface area contributed by atoms with E-state index < -0.39 is 11.9 Å². The number of thiophene rings is 1. The van der Waals surface area contributed by atoms with Crippen molar-refractivity contribution in [2.24, 2.45) is 5.92 Å². The molecule has 1 aromatic carbocycles. The lowest BCUT2D eigenvalue weighted by Gasteiger charge is -2.12. The first-order valence-corrected chi connectivity index (χ1v) is 9.02. The third kappa shape index (κ3) is 4.09. The summed E-state index contributed by atoms with van der Waals surface area (Å²) >= 11 is 1.42. The summed E-state index contributed by atoms with van der Waals surface area (Å²) in [6.07, 6.45) is -0.927. The number of carbonyl (C=O) groups excluding carboxylic acids is 1. The smallest absolute Gasteiger partial charge is 0.387 e. The quantitative estimate of drug-likeness (QED) is 0.692. The molecular weight excluding hydrogens is 354 g/mol. The second-order valence-corrected chi connectivity index (χ2v) is 7.06. The summed E-state index contributed by atoms with van der Waals surface area (Å²) in [4.78, 5) is 24.4. The van der Waals surface area contributed by atoms with Crippen molar-refractivity contribution in [2.75, 3.05) is 5.32 Å². The standard InChI is InChI=1S/C18H19N3O4S/c1-11(2)16(23)19-13-7-5-12(6-8-13)14(22)10-21-18(24)25-17(20-21)15-4-3-9-26-15/h3-9,11,14,22H,10H2,1-2H3,(H,19,23)/t14-/m1/s1. The Bertz CT molecular complexity index is 926. The van der Waals surface area contributed by atoms with Gasteiger partial charge in [0.15, 0.2) is 0 Å². The molecule has 0 saturated carbocycles. The van der Waals surface area contributed by atoms with Crippen LogP contribution in [0.15, 0.2) is 51.0 Å². The Kier molecular flexibility index (Phi) is 5.34. The van der Waals surface area contributed by atoms with Crippen LogP contribution >= 0.6 is 11.3 Å². The minimum Gasteiger partial charge on any atom is -0.387 e. The van der Waals surface area contributed by atoms with Crippen LogP contribution in [0.2, 0.25) is 0 Å². The van der Waals surface area contributed by atoms with Crippen molar-refractivity contribution in [3.8, 4) is 10.8 Å². The van der Waals surface area contributed by atoms with Gasteiger partial charge < -0.3 is 14.8 Å². The Hall–Kier alpha value is -2.71.